The van der Waals surface area contributed by atoms with E-state index < -0.39 is 0 Å². The van der Waals surface area contributed by atoms with E-state index in [1.165, 1.54) is 6.33 Å². The number of morpholine rings is 1. The molecule has 1 fully saturated rings. The number of nitrogens with two attached hydrogens (primary N) is 1. The number of hydrogen-bond donors (Lipinski definition) is 1. The van der Waals surface area contributed by atoms with Crippen molar-refractivity contribution in [3.8, 4) is 0 Å². The van der Waals surface area contributed by atoms with Gasteiger partial charge in [-0.05, 0) is 0 Å². The fraction of sp³-hybridized carbons (Fsp3) is 0.600. The van der Waals surface area contributed by atoms with Gasteiger partial charge in [-0.15, -0.1) is 0 Å². The number of nitrogens with zero attached hydrogens (tertiary/aromatic N) is 3. The molecule has 0 unspecified atom stereocenters. The van der Waals surface area contributed by atoms with Gasteiger partial charge in [0, 0.05) is 37.6 Å². The fourth-order valence-corrected chi connectivity index (χ4v) is 1.87. The first-order valence-corrected chi connectivity index (χ1v) is 5.18. The molecule has 2 rings (SSSR count). The third-order valence-corrected chi connectivity index (χ3v) is 2.68. The molecule has 1 aliphatic heterocycles. The lowest BCUT2D eigenvalue weighted by atomic mass is 10.1. The number of hydrogen-bond acceptors (Lipinski definition) is 5. The van der Waals surface area contributed by atoms with Crippen LogP contribution in [0.1, 0.15) is 11.6 Å². The van der Waals surface area contributed by atoms with Crippen molar-refractivity contribution >= 4 is 0 Å². The van der Waals surface area contributed by atoms with Gasteiger partial charge in [0.25, 0.3) is 0 Å². The van der Waals surface area contributed by atoms with Gasteiger partial charge in [0.05, 0.1) is 19.3 Å². The smallest absolute Gasteiger partial charge is 0.115 e. The largest absolute Gasteiger partial charge is 0.379 e. The molecule has 1 saturated heterocycles. The van der Waals surface area contributed by atoms with Gasteiger partial charge in [-0.3, -0.25) is 4.90 Å². The summed E-state index contributed by atoms with van der Waals surface area (Å²) in [6.07, 6.45) is 5.20. The molecule has 0 radical (unpaired) electrons. The van der Waals surface area contributed by atoms with Gasteiger partial charge in [0.2, 0.25) is 0 Å². The molecular weight excluding hydrogens is 192 g/mol. The van der Waals surface area contributed by atoms with Crippen LogP contribution in [0.4, 0.5) is 0 Å². The van der Waals surface area contributed by atoms with E-state index in [2.05, 4.69) is 14.9 Å². The molecule has 5 nitrogen and oxygen atoms in total. The van der Waals surface area contributed by atoms with E-state index in [1.54, 1.807) is 0 Å². The van der Waals surface area contributed by atoms with Crippen LogP contribution in [0.15, 0.2) is 18.7 Å². The Morgan fingerprint density at radius 1 is 1.33 bits per heavy atom. The lowest BCUT2D eigenvalue weighted by molar-refractivity contribution is 0.0177. The zero-order chi connectivity index (χ0) is 10.5. The summed E-state index contributed by atoms with van der Waals surface area (Å²) in [5.74, 6) is 0. The first-order valence-electron chi connectivity index (χ1n) is 5.18. The highest BCUT2D eigenvalue weighted by Crippen LogP contribution is 2.18. The highest BCUT2D eigenvalue weighted by molar-refractivity contribution is 5.10. The number of aromatic nitrogens is 2. The van der Waals surface area contributed by atoms with E-state index in [0.717, 1.165) is 31.9 Å². The summed E-state index contributed by atoms with van der Waals surface area (Å²) in [4.78, 5) is 10.4. The molecule has 0 spiro atoms. The average Bonchev–Trinajstić information content (AvgIpc) is 2.33. The Morgan fingerprint density at radius 2 is 2.00 bits per heavy atom. The van der Waals surface area contributed by atoms with Crippen molar-refractivity contribution in [3.05, 3.63) is 24.3 Å². The van der Waals surface area contributed by atoms with Crippen molar-refractivity contribution in [3.63, 3.8) is 0 Å². The topological polar surface area (TPSA) is 64.3 Å². The second-order valence-electron chi connectivity index (χ2n) is 3.57. The molecule has 5 heteroatoms. The molecule has 2 N–H and O–H groups in total. The maximum absolute atomic E-state index is 5.80. The standard InChI is InChI=1S/C10H16N4O/c11-5-10(9-6-12-8-13-7-9)14-1-3-15-4-2-14/h6-8,10H,1-5,11H2/t10-/m1/s1. The highest BCUT2D eigenvalue weighted by atomic mass is 16.5. The third-order valence-electron chi connectivity index (χ3n) is 2.68. The van der Waals surface area contributed by atoms with Gasteiger partial charge in [-0.25, -0.2) is 9.97 Å². The Labute approximate surface area is 89.3 Å². The number of rotatable bonds is 3. The van der Waals surface area contributed by atoms with E-state index in [9.17, 15) is 0 Å². The Kier molecular flexibility index (Phi) is 3.60. The molecular formula is C10H16N4O. The van der Waals surface area contributed by atoms with Gasteiger partial charge >= 0.3 is 0 Å². The summed E-state index contributed by atoms with van der Waals surface area (Å²) in [6, 6.07) is 0.218. The van der Waals surface area contributed by atoms with Crippen molar-refractivity contribution in [2.24, 2.45) is 5.73 Å². The second kappa shape index (κ2) is 5.16. The maximum Gasteiger partial charge on any atom is 0.115 e. The molecule has 1 atom stereocenters. The minimum Gasteiger partial charge on any atom is -0.379 e. The fourth-order valence-electron chi connectivity index (χ4n) is 1.87. The Balaban J connectivity index is 2.09. The van der Waals surface area contributed by atoms with Crippen LogP contribution >= 0.6 is 0 Å². The van der Waals surface area contributed by atoms with Crippen LogP contribution in [0.3, 0.4) is 0 Å². The Bertz CT molecular complexity index is 287. The molecule has 1 aliphatic rings. The molecule has 0 aromatic carbocycles. The molecule has 1 aromatic rings. The van der Waals surface area contributed by atoms with Crippen LogP contribution in [0.5, 0.6) is 0 Å². The van der Waals surface area contributed by atoms with Crippen LogP contribution in [0, 0.1) is 0 Å². The van der Waals surface area contributed by atoms with Crippen LogP contribution in [-0.4, -0.2) is 47.7 Å². The quantitative estimate of drug-likeness (QED) is 0.745. The van der Waals surface area contributed by atoms with E-state index in [0.29, 0.717) is 6.54 Å². The summed E-state index contributed by atoms with van der Waals surface area (Å²) in [5.41, 5.74) is 6.88. The Hall–Kier alpha value is -1.04. The normalized spacial score (nSPS) is 20.1. The summed E-state index contributed by atoms with van der Waals surface area (Å²) < 4.78 is 5.32. The molecule has 2 heterocycles. The first-order chi connectivity index (χ1) is 7.42. The minimum atomic E-state index is 0.218. The first kappa shape index (κ1) is 10.5. The maximum atomic E-state index is 5.80. The van der Waals surface area contributed by atoms with Crippen molar-refractivity contribution in [1.82, 2.24) is 14.9 Å². The van der Waals surface area contributed by atoms with Crippen molar-refractivity contribution in [2.45, 2.75) is 6.04 Å². The van der Waals surface area contributed by atoms with E-state index in [1.807, 2.05) is 12.4 Å². The predicted molar refractivity (Wildman–Crippen MR) is 56.2 cm³/mol. The third kappa shape index (κ3) is 2.50. The lowest BCUT2D eigenvalue weighted by Gasteiger charge is -2.33. The van der Waals surface area contributed by atoms with Gasteiger partial charge in [-0.2, -0.15) is 0 Å². The molecule has 1 aromatic heterocycles. The zero-order valence-corrected chi connectivity index (χ0v) is 8.67. The summed E-state index contributed by atoms with van der Waals surface area (Å²) in [6.45, 7) is 4.01. The van der Waals surface area contributed by atoms with Crippen molar-refractivity contribution in [2.75, 3.05) is 32.8 Å². The van der Waals surface area contributed by atoms with E-state index in [4.69, 9.17) is 10.5 Å². The van der Waals surface area contributed by atoms with E-state index in [-0.39, 0.29) is 6.04 Å². The molecule has 82 valence electrons. The van der Waals surface area contributed by atoms with Gasteiger partial charge in [0.15, 0.2) is 0 Å². The molecule has 0 amide bonds. The van der Waals surface area contributed by atoms with E-state index >= 15 is 0 Å². The zero-order valence-electron chi connectivity index (χ0n) is 8.67. The predicted octanol–water partition coefficient (Wildman–Crippen LogP) is -0.191. The minimum absolute atomic E-state index is 0.218. The van der Waals surface area contributed by atoms with Crippen LogP contribution < -0.4 is 5.73 Å². The highest BCUT2D eigenvalue weighted by Gasteiger charge is 2.21. The van der Waals surface area contributed by atoms with Crippen LogP contribution in [0.25, 0.3) is 0 Å². The monoisotopic (exact) mass is 208 g/mol. The summed E-state index contributed by atoms with van der Waals surface area (Å²) in [7, 11) is 0. The lowest BCUT2D eigenvalue weighted by Crippen LogP contribution is -2.41. The van der Waals surface area contributed by atoms with Crippen LogP contribution in [0.2, 0.25) is 0 Å². The summed E-state index contributed by atoms with van der Waals surface area (Å²) in [5, 5.41) is 0. The average molecular weight is 208 g/mol. The summed E-state index contributed by atoms with van der Waals surface area (Å²) >= 11 is 0. The molecule has 0 bridgehead atoms. The molecule has 0 saturated carbocycles. The van der Waals surface area contributed by atoms with Gasteiger partial charge < -0.3 is 10.5 Å². The Morgan fingerprint density at radius 3 is 2.60 bits per heavy atom. The molecule has 0 aliphatic carbocycles. The van der Waals surface area contributed by atoms with Gasteiger partial charge in [-0.1, -0.05) is 0 Å². The van der Waals surface area contributed by atoms with Crippen molar-refractivity contribution < 1.29 is 4.74 Å². The van der Waals surface area contributed by atoms with Gasteiger partial charge in [0.1, 0.15) is 6.33 Å². The second-order valence-corrected chi connectivity index (χ2v) is 3.57. The number of ether oxygens (including phenoxy) is 1. The van der Waals surface area contributed by atoms with Crippen molar-refractivity contribution in [1.29, 1.82) is 0 Å². The SMILES string of the molecule is NC[C@H](c1cncnc1)N1CCOCC1. The van der Waals surface area contributed by atoms with Crippen LogP contribution in [-0.2, 0) is 4.74 Å². The molecule has 15 heavy (non-hydrogen) atoms.